The van der Waals surface area contributed by atoms with Gasteiger partial charge in [-0.3, -0.25) is 0 Å². The molecule has 1 atom stereocenters. The molecule has 4 heteroatoms. The molecule has 0 amide bonds. The Morgan fingerprint density at radius 1 is 1.62 bits per heavy atom. The predicted molar refractivity (Wildman–Crippen MR) is 56.3 cm³/mol. The summed E-state index contributed by atoms with van der Waals surface area (Å²) in [6, 6.07) is 6.34. The molecule has 0 aliphatic heterocycles. The van der Waals surface area contributed by atoms with Crippen LogP contribution in [0.5, 0.6) is 0 Å². The van der Waals surface area contributed by atoms with Crippen LogP contribution in [0.4, 0.5) is 4.39 Å². The maximum absolute atomic E-state index is 13.0. The number of halogens is 2. The predicted octanol–water partition coefficient (Wildman–Crippen LogP) is 2.34. The fraction of sp³-hybridized carbons (Fsp3) is 0.222. The van der Waals surface area contributed by atoms with Crippen LogP contribution in [-0.4, -0.2) is 0 Å². The molecular formula is C9H8FIN2. The minimum Gasteiger partial charge on any atom is -0.323 e. The molecule has 0 radical (unpaired) electrons. The molecule has 0 saturated carbocycles. The highest BCUT2D eigenvalue weighted by atomic mass is 127. The smallest absolute Gasteiger partial charge is 0.136 e. The number of rotatable bonds is 2. The average molecular weight is 290 g/mol. The molecule has 0 aromatic heterocycles. The summed E-state index contributed by atoms with van der Waals surface area (Å²) < 4.78 is 13.6. The molecule has 0 heterocycles. The summed E-state index contributed by atoms with van der Waals surface area (Å²) in [6.07, 6.45) is 0.208. The average Bonchev–Trinajstić information content (AvgIpc) is 2.10. The van der Waals surface area contributed by atoms with Crippen molar-refractivity contribution in [3.05, 3.63) is 33.1 Å². The van der Waals surface area contributed by atoms with Crippen molar-refractivity contribution >= 4 is 22.6 Å². The van der Waals surface area contributed by atoms with Crippen molar-refractivity contribution in [1.82, 2.24) is 0 Å². The van der Waals surface area contributed by atoms with Crippen molar-refractivity contribution < 1.29 is 4.39 Å². The molecule has 2 N–H and O–H groups in total. The maximum Gasteiger partial charge on any atom is 0.136 e. The molecule has 1 aromatic rings. The zero-order chi connectivity index (χ0) is 9.84. The third-order valence-electron chi connectivity index (χ3n) is 1.68. The van der Waals surface area contributed by atoms with Crippen LogP contribution in [0.3, 0.4) is 0 Å². The van der Waals surface area contributed by atoms with Crippen LogP contribution in [0.1, 0.15) is 18.0 Å². The van der Waals surface area contributed by atoms with Gasteiger partial charge in [0.05, 0.1) is 12.5 Å². The highest BCUT2D eigenvalue weighted by molar-refractivity contribution is 14.1. The SMILES string of the molecule is N#CCC(N)c1ccc(I)c(F)c1. The fourth-order valence-electron chi connectivity index (χ4n) is 0.959. The summed E-state index contributed by atoms with van der Waals surface area (Å²) in [7, 11) is 0. The molecule has 0 spiro atoms. The summed E-state index contributed by atoms with van der Waals surface area (Å²) in [6.45, 7) is 0. The van der Waals surface area contributed by atoms with E-state index in [-0.39, 0.29) is 12.2 Å². The number of nitriles is 1. The van der Waals surface area contributed by atoms with Gasteiger partial charge < -0.3 is 5.73 Å². The summed E-state index contributed by atoms with van der Waals surface area (Å²) in [4.78, 5) is 0. The van der Waals surface area contributed by atoms with Gasteiger partial charge in [-0.05, 0) is 40.3 Å². The van der Waals surface area contributed by atoms with Gasteiger partial charge in [0.25, 0.3) is 0 Å². The number of hydrogen-bond donors (Lipinski definition) is 1. The Hall–Kier alpha value is -0.670. The van der Waals surface area contributed by atoms with Gasteiger partial charge in [-0.15, -0.1) is 0 Å². The summed E-state index contributed by atoms with van der Waals surface area (Å²) in [5, 5.41) is 8.40. The van der Waals surface area contributed by atoms with Gasteiger partial charge in [0, 0.05) is 9.61 Å². The molecule has 1 rings (SSSR count). The van der Waals surface area contributed by atoms with Gasteiger partial charge in [0.1, 0.15) is 5.82 Å². The lowest BCUT2D eigenvalue weighted by Crippen LogP contribution is -2.09. The third kappa shape index (κ3) is 2.64. The lowest BCUT2D eigenvalue weighted by molar-refractivity contribution is 0.613. The highest BCUT2D eigenvalue weighted by Gasteiger charge is 2.07. The van der Waals surface area contributed by atoms with Crippen LogP contribution < -0.4 is 5.73 Å². The van der Waals surface area contributed by atoms with Crippen molar-refractivity contribution in [1.29, 1.82) is 5.26 Å². The normalized spacial score (nSPS) is 12.2. The van der Waals surface area contributed by atoms with Crippen LogP contribution in [0.25, 0.3) is 0 Å². The van der Waals surface area contributed by atoms with E-state index in [1.807, 2.05) is 28.7 Å². The van der Waals surface area contributed by atoms with E-state index in [1.165, 1.54) is 6.07 Å². The first-order valence-electron chi connectivity index (χ1n) is 3.72. The number of nitrogens with zero attached hydrogens (tertiary/aromatic N) is 1. The van der Waals surface area contributed by atoms with Crippen molar-refractivity contribution in [2.24, 2.45) is 5.73 Å². The Kier molecular flexibility index (Phi) is 3.63. The fourth-order valence-corrected chi connectivity index (χ4v) is 1.29. The second kappa shape index (κ2) is 4.53. The Bertz CT molecular complexity index is 346. The zero-order valence-electron chi connectivity index (χ0n) is 6.80. The Morgan fingerprint density at radius 3 is 2.85 bits per heavy atom. The van der Waals surface area contributed by atoms with E-state index in [0.717, 1.165) is 0 Å². The summed E-state index contributed by atoms with van der Waals surface area (Å²) in [5.41, 5.74) is 6.30. The van der Waals surface area contributed by atoms with Crippen LogP contribution in [0.2, 0.25) is 0 Å². The standard InChI is InChI=1S/C9H8FIN2/c10-7-5-6(1-2-8(7)11)9(13)3-4-12/h1-2,5,9H,3,13H2. The van der Waals surface area contributed by atoms with Gasteiger partial charge in [-0.2, -0.15) is 5.26 Å². The third-order valence-corrected chi connectivity index (χ3v) is 2.56. The maximum atomic E-state index is 13.0. The van der Waals surface area contributed by atoms with Crippen molar-refractivity contribution in [3.8, 4) is 6.07 Å². The number of nitrogens with two attached hydrogens (primary N) is 1. The lowest BCUT2D eigenvalue weighted by Gasteiger charge is -2.07. The Morgan fingerprint density at radius 2 is 2.31 bits per heavy atom. The van der Waals surface area contributed by atoms with Crippen LogP contribution in [-0.2, 0) is 0 Å². The topological polar surface area (TPSA) is 49.8 Å². The van der Waals surface area contributed by atoms with Crippen molar-refractivity contribution in [2.45, 2.75) is 12.5 Å². The van der Waals surface area contributed by atoms with Crippen LogP contribution in [0, 0.1) is 20.7 Å². The van der Waals surface area contributed by atoms with Crippen molar-refractivity contribution in [2.75, 3.05) is 0 Å². The Labute approximate surface area is 89.7 Å². The van der Waals surface area contributed by atoms with Gasteiger partial charge in [-0.25, -0.2) is 4.39 Å². The molecule has 0 aliphatic carbocycles. The summed E-state index contributed by atoms with van der Waals surface area (Å²) in [5.74, 6) is -0.286. The molecule has 0 bridgehead atoms. The minimum absolute atomic E-state index is 0.208. The molecule has 13 heavy (non-hydrogen) atoms. The highest BCUT2D eigenvalue weighted by Crippen LogP contribution is 2.18. The first-order chi connectivity index (χ1) is 6.15. The largest absolute Gasteiger partial charge is 0.323 e. The zero-order valence-corrected chi connectivity index (χ0v) is 8.95. The number of benzene rings is 1. The summed E-state index contributed by atoms with van der Waals surface area (Å²) >= 11 is 1.90. The van der Waals surface area contributed by atoms with E-state index in [0.29, 0.717) is 9.13 Å². The van der Waals surface area contributed by atoms with Crippen molar-refractivity contribution in [3.63, 3.8) is 0 Å². The lowest BCUT2D eigenvalue weighted by atomic mass is 10.1. The van der Waals surface area contributed by atoms with E-state index in [2.05, 4.69) is 0 Å². The first kappa shape index (κ1) is 10.4. The van der Waals surface area contributed by atoms with Gasteiger partial charge in [0.15, 0.2) is 0 Å². The monoisotopic (exact) mass is 290 g/mol. The molecule has 0 fully saturated rings. The van der Waals surface area contributed by atoms with E-state index in [9.17, 15) is 4.39 Å². The van der Waals surface area contributed by atoms with Gasteiger partial charge >= 0.3 is 0 Å². The molecule has 2 nitrogen and oxygen atoms in total. The minimum atomic E-state index is -0.392. The van der Waals surface area contributed by atoms with E-state index in [1.54, 1.807) is 12.1 Å². The van der Waals surface area contributed by atoms with E-state index < -0.39 is 6.04 Å². The molecule has 0 aliphatic rings. The second-order valence-electron chi connectivity index (χ2n) is 2.64. The molecule has 0 saturated heterocycles. The van der Waals surface area contributed by atoms with E-state index >= 15 is 0 Å². The van der Waals surface area contributed by atoms with Crippen LogP contribution in [0.15, 0.2) is 18.2 Å². The molecule has 1 aromatic carbocycles. The quantitative estimate of drug-likeness (QED) is 0.850. The number of hydrogen-bond acceptors (Lipinski definition) is 2. The van der Waals surface area contributed by atoms with Gasteiger partial charge in [-0.1, -0.05) is 6.07 Å². The molecular weight excluding hydrogens is 282 g/mol. The van der Waals surface area contributed by atoms with E-state index in [4.69, 9.17) is 11.0 Å². The van der Waals surface area contributed by atoms with Crippen LogP contribution >= 0.6 is 22.6 Å². The Balaban J connectivity index is 2.91. The molecule has 1 unspecified atom stereocenters. The van der Waals surface area contributed by atoms with Gasteiger partial charge in [0.2, 0.25) is 0 Å². The first-order valence-corrected chi connectivity index (χ1v) is 4.80. The second-order valence-corrected chi connectivity index (χ2v) is 3.80. The molecule has 68 valence electrons.